The van der Waals surface area contributed by atoms with Gasteiger partial charge in [0.1, 0.15) is 5.75 Å². The first-order chi connectivity index (χ1) is 10.2. The normalized spacial score (nSPS) is 11.0. The van der Waals surface area contributed by atoms with E-state index in [9.17, 15) is 0 Å². The number of imidazole rings is 1. The van der Waals surface area contributed by atoms with Crippen LogP contribution in [0.25, 0.3) is 11.0 Å². The standard InChI is InChI=1S/C15H14BrN3OS/c1-20-9-5-6-12-13(7-9)19-15(18-12)21-14-4-2-3-11(16)10(14)8-17/h2-7H,8,17H2,1H3,(H,18,19). The number of benzene rings is 2. The van der Waals surface area contributed by atoms with Crippen molar-refractivity contribution in [2.75, 3.05) is 7.11 Å². The minimum atomic E-state index is 0.484. The van der Waals surface area contributed by atoms with E-state index in [0.717, 1.165) is 36.9 Å². The fourth-order valence-electron chi connectivity index (χ4n) is 2.08. The highest BCUT2D eigenvalue weighted by Gasteiger charge is 2.10. The maximum atomic E-state index is 5.83. The number of halogens is 1. The van der Waals surface area contributed by atoms with Crippen LogP contribution in [0.15, 0.2) is 50.9 Å². The maximum absolute atomic E-state index is 5.83. The summed E-state index contributed by atoms with van der Waals surface area (Å²) in [6.45, 7) is 0.484. The molecule has 0 saturated heterocycles. The first-order valence-corrected chi connectivity index (χ1v) is 8.01. The van der Waals surface area contributed by atoms with Gasteiger partial charge >= 0.3 is 0 Å². The van der Waals surface area contributed by atoms with Crippen molar-refractivity contribution >= 4 is 38.7 Å². The highest BCUT2D eigenvalue weighted by Crippen LogP contribution is 2.33. The molecule has 0 aliphatic rings. The molecule has 2 aromatic carbocycles. The van der Waals surface area contributed by atoms with Gasteiger partial charge in [-0.1, -0.05) is 33.8 Å². The van der Waals surface area contributed by atoms with Gasteiger partial charge in [0.2, 0.25) is 0 Å². The number of nitrogens with two attached hydrogens (primary N) is 1. The minimum absolute atomic E-state index is 0.484. The third kappa shape index (κ3) is 2.92. The molecular formula is C15H14BrN3OS. The van der Waals surface area contributed by atoms with Crippen molar-refractivity contribution in [3.05, 3.63) is 46.4 Å². The summed E-state index contributed by atoms with van der Waals surface area (Å²) in [5, 5.41) is 0.839. The number of nitrogens with zero attached hydrogens (tertiary/aromatic N) is 1. The molecule has 0 spiro atoms. The van der Waals surface area contributed by atoms with Crippen molar-refractivity contribution < 1.29 is 4.74 Å². The molecule has 0 aliphatic heterocycles. The Morgan fingerprint density at radius 2 is 2.19 bits per heavy atom. The van der Waals surface area contributed by atoms with Crippen LogP contribution in [-0.2, 0) is 6.54 Å². The second-order valence-corrected chi connectivity index (χ2v) is 6.33. The van der Waals surface area contributed by atoms with Crippen LogP contribution in [0, 0.1) is 0 Å². The Bertz CT molecular complexity index is 788. The topological polar surface area (TPSA) is 63.9 Å². The molecule has 3 rings (SSSR count). The molecule has 1 heterocycles. The van der Waals surface area contributed by atoms with Crippen LogP contribution in [0.4, 0.5) is 0 Å². The van der Waals surface area contributed by atoms with Crippen molar-refractivity contribution in [1.82, 2.24) is 9.97 Å². The largest absolute Gasteiger partial charge is 0.497 e. The number of fused-ring (bicyclic) bond motifs is 1. The lowest BCUT2D eigenvalue weighted by molar-refractivity contribution is 0.415. The number of methoxy groups -OCH3 is 1. The second kappa shape index (κ2) is 6.09. The summed E-state index contributed by atoms with van der Waals surface area (Å²) in [6, 6.07) is 11.8. The van der Waals surface area contributed by atoms with Crippen molar-refractivity contribution in [2.24, 2.45) is 5.73 Å². The number of hydrogen-bond acceptors (Lipinski definition) is 4. The first kappa shape index (κ1) is 14.4. The van der Waals surface area contributed by atoms with Crippen LogP contribution in [-0.4, -0.2) is 17.1 Å². The molecule has 0 amide bonds. The molecule has 3 aromatic rings. The zero-order chi connectivity index (χ0) is 14.8. The summed E-state index contributed by atoms with van der Waals surface area (Å²) < 4.78 is 6.25. The lowest BCUT2D eigenvalue weighted by Gasteiger charge is -2.07. The van der Waals surface area contributed by atoms with Crippen LogP contribution in [0.1, 0.15) is 5.56 Å². The third-order valence-electron chi connectivity index (χ3n) is 3.15. The Kier molecular flexibility index (Phi) is 4.19. The van der Waals surface area contributed by atoms with Crippen LogP contribution < -0.4 is 10.5 Å². The second-order valence-electron chi connectivity index (χ2n) is 4.45. The highest BCUT2D eigenvalue weighted by atomic mass is 79.9. The van der Waals surface area contributed by atoms with Gasteiger partial charge in [-0.2, -0.15) is 0 Å². The highest BCUT2D eigenvalue weighted by molar-refractivity contribution is 9.10. The number of aromatic nitrogens is 2. The predicted molar refractivity (Wildman–Crippen MR) is 88.8 cm³/mol. The molecule has 0 bridgehead atoms. The summed E-state index contributed by atoms with van der Waals surface area (Å²) >= 11 is 5.11. The number of rotatable bonds is 4. The molecule has 1 aromatic heterocycles. The van der Waals surface area contributed by atoms with E-state index in [0.29, 0.717) is 6.54 Å². The number of aromatic amines is 1. The van der Waals surface area contributed by atoms with Gasteiger partial charge in [0, 0.05) is 22.0 Å². The Balaban J connectivity index is 1.97. The Labute approximate surface area is 135 Å². The zero-order valence-electron chi connectivity index (χ0n) is 11.4. The molecule has 0 atom stereocenters. The minimum Gasteiger partial charge on any atom is -0.497 e. The van der Waals surface area contributed by atoms with Crippen LogP contribution in [0.2, 0.25) is 0 Å². The number of hydrogen-bond donors (Lipinski definition) is 2. The summed E-state index contributed by atoms with van der Waals surface area (Å²) in [4.78, 5) is 8.98. The lowest BCUT2D eigenvalue weighted by Crippen LogP contribution is -1.99. The average molecular weight is 364 g/mol. The van der Waals surface area contributed by atoms with E-state index in [1.54, 1.807) is 18.9 Å². The summed E-state index contributed by atoms with van der Waals surface area (Å²) in [6.07, 6.45) is 0. The van der Waals surface area contributed by atoms with E-state index in [1.165, 1.54) is 0 Å². The third-order valence-corrected chi connectivity index (χ3v) is 4.89. The molecule has 21 heavy (non-hydrogen) atoms. The molecule has 108 valence electrons. The van der Waals surface area contributed by atoms with E-state index < -0.39 is 0 Å². The number of nitrogens with one attached hydrogen (secondary N) is 1. The van der Waals surface area contributed by atoms with Crippen LogP contribution >= 0.6 is 27.7 Å². The summed E-state index contributed by atoms with van der Waals surface area (Å²) in [7, 11) is 1.65. The summed E-state index contributed by atoms with van der Waals surface area (Å²) in [5.74, 6) is 0.813. The van der Waals surface area contributed by atoms with Gasteiger partial charge in [-0.15, -0.1) is 0 Å². The van der Waals surface area contributed by atoms with E-state index in [-0.39, 0.29) is 0 Å². The predicted octanol–water partition coefficient (Wildman–Crippen LogP) is 3.94. The zero-order valence-corrected chi connectivity index (χ0v) is 13.8. The Morgan fingerprint density at radius 3 is 2.95 bits per heavy atom. The molecule has 0 radical (unpaired) electrons. The van der Waals surface area contributed by atoms with Crippen molar-refractivity contribution in [1.29, 1.82) is 0 Å². The molecule has 0 saturated carbocycles. The van der Waals surface area contributed by atoms with Gasteiger partial charge in [0.25, 0.3) is 0 Å². The first-order valence-electron chi connectivity index (χ1n) is 6.40. The maximum Gasteiger partial charge on any atom is 0.171 e. The molecule has 0 unspecified atom stereocenters. The van der Waals surface area contributed by atoms with Gasteiger partial charge < -0.3 is 15.5 Å². The van der Waals surface area contributed by atoms with Crippen LogP contribution in [0.5, 0.6) is 5.75 Å². The monoisotopic (exact) mass is 363 g/mol. The molecule has 4 nitrogen and oxygen atoms in total. The van der Waals surface area contributed by atoms with Crippen molar-refractivity contribution in [2.45, 2.75) is 16.6 Å². The Hall–Kier alpha value is -1.50. The van der Waals surface area contributed by atoms with Gasteiger partial charge in [-0.25, -0.2) is 4.98 Å². The van der Waals surface area contributed by atoms with E-state index in [4.69, 9.17) is 10.5 Å². The quantitative estimate of drug-likeness (QED) is 0.736. The molecule has 6 heteroatoms. The number of H-pyrrole nitrogens is 1. The van der Waals surface area contributed by atoms with Crippen molar-refractivity contribution in [3.8, 4) is 5.75 Å². The molecule has 3 N–H and O–H groups in total. The van der Waals surface area contributed by atoms with E-state index in [2.05, 4.69) is 25.9 Å². The van der Waals surface area contributed by atoms with E-state index >= 15 is 0 Å². The fraction of sp³-hybridized carbons (Fsp3) is 0.133. The summed E-state index contributed by atoms with van der Waals surface area (Å²) in [5.41, 5.74) is 8.79. The average Bonchev–Trinajstić information content (AvgIpc) is 2.88. The SMILES string of the molecule is COc1ccc2nc(Sc3cccc(Br)c3CN)[nH]c2c1. The number of ether oxygens (including phenoxy) is 1. The Morgan fingerprint density at radius 1 is 1.33 bits per heavy atom. The van der Waals surface area contributed by atoms with Gasteiger partial charge in [-0.3, -0.25) is 0 Å². The molecular weight excluding hydrogens is 350 g/mol. The lowest BCUT2D eigenvalue weighted by atomic mass is 10.2. The van der Waals surface area contributed by atoms with Crippen LogP contribution in [0.3, 0.4) is 0 Å². The van der Waals surface area contributed by atoms with Crippen molar-refractivity contribution in [3.63, 3.8) is 0 Å². The van der Waals surface area contributed by atoms with Gasteiger partial charge in [0.15, 0.2) is 5.16 Å². The molecule has 0 aliphatic carbocycles. The van der Waals surface area contributed by atoms with Gasteiger partial charge in [0.05, 0.1) is 18.1 Å². The fourth-order valence-corrected chi connectivity index (χ4v) is 3.71. The smallest absolute Gasteiger partial charge is 0.171 e. The van der Waals surface area contributed by atoms with Gasteiger partial charge in [-0.05, 0) is 29.8 Å². The molecule has 0 fully saturated rings. The van der Waals surface area contributed by atoms with E-state index in [1.807, 2.05) is 36.4 Å².